The molecule has 0 fully saturated rings. The molecule has 1 unspecified atom stereocenters. The van der Waals surface area contributed by atoms with Crippen molar-refractivity contribution in [1.82, 2.24) is 0 Å². The molecule has 0 aliphatic rings. The zero-order chi connectivity index (χ0) is 18.1. The van der Waals surface area contributed by atoms with Crippen LogP contribution < -0.4 is 5.32 Å². The largest absolute Gasteiger partial charge is 0.460 e. The first-order valence-electron chi connectivity index (χ1n) is 8.27. The van der Waals surface area contributed by atoms with Crippen molar-refractivity contribution in [1.29, 1.82) is 0 Å². The third kappa shape index (κ3) is 6.63. The topological polar surface area (TPSA) is 55.4 Å². The Hall–Kier alpha value is -2.27. The number of anilines is 1. The number of hydrogen-bond donors (Lipinski definition) is 1. The average molecular weight is 357 g/mol. The van der Waals surface area contributed by atoms with E-state index >= 15 is 0 Å². The van der Waals surface area contributed by atoms with E-state index in [4.69, 9.17) is 4.74 Å². The predicted molar refractivity (Wildman–Crippen MR) is 103 cm³/mol. The first-order chi connectivity index (χ1) is 12.1. The molecule has 0 saturated heterocycles. The van der Waals surface area contributed by atoms with Crippen LogP contribution in [0.4, 0.5) is 5.69 Å². The van der Waals surface area contributed by atoms with E-state index in [0.29, 0.717) is 6.42 Å². The number of hydrogen-bond acceptors (Lipinski definition) is 4. The van der Waals surface area contributed by atoms with Gasteiger partial charge in [0.1, 0.15) is 11.9 Å². The molecule has 0 heterocycles. The van der Waals surface area contributed by atoms with Gasteiger partial charge in [0, 0.05) is 5.69 Å². The highest BCUT2D eigenvalue weighted by molar-refractivity contribution is 8.01. The number of carbonyl (C=O) groups is 2. The molecule has 5 heteroatoms. The number of nitrogens with one attached hydrogen (secondary N) is 1. The molecule has 132 valence electrons. The molecule has 0 spiro atoms. The van der Waals surface area contributed by atoms with Crippen LogP contribution in [-0.2, 0) is 20.9 Å². The zero-order valence-corrected chi connectivity index (χ0v) is 15.3. The van der Waals surface area contributed by atoms with Crippen molar-refractivity contribution in [2.75, 3.05) is 11.1 Å². The van der Waals surface area contributed by atoms with Crippen LogP contribution >= 0.6 is 11.8 Å². The van der Waals surface area contributed by atoms with Gasteiger partial charge in [0.2, 0.25) is 5.91 Å². The lowest BCUT2D eigenvalue weighted by Crippen LogP contribution is -2.23. The molecule has 0 radical (unpaired) electrons. The highest BCUT2D eigenvalue weighted by atomic mass is 32.2. The summed E-state index contributed by atoms with van der Waals surface area (Å²) in [7, 11) is 0. The number of rotatable bonds is 8. The Labute approximate surface area is 153 Å². The summed E-state index contributed by atoms with van der Waals surface area (Å²) in [5, 5.41) is 2.51. The molecule has 1 atom stereocenters. The van der Waals surface area contributed by atoms with Crippen LogP contribution in [0.15, 0.2) is 54.6 Å². The lowest BCUT2D eigenvalue weighted by Gasteiger charge is -2.14. The van der Waals surface area contributed by atoms with Crippen molar-refractivity contribution in [3.63, 3.8) is 0 Å². The summed E-state index contributed by atoms with van der Waals surface area (Å²) in [5.41, 5.74) is 2.81. The van der Waals surface area contributed by atoms with E-state index in [1.54, 1.807) is 0 Å². The minimum atomic E-state index is -0.341. The first kappa shape index (κ1) is 19.1. The Balaban J connectivity index is 1.78. The van der Waals surface area contributed by atoms with Gasteiger partial charge >= 0.3 is 5.97 Å². The summed E-state index contributed by atoms with van der Waals surface area (Å²) >= 11 is 1.31. The van der Waals surface area contributed by atoms with Crippen molar-refractivity contribution in [2.45, 2.75) is 32.1 Å². The smallest absolute Gasteiger partial charge is 0.319 e. The van der Waals surface area contributed by atoms with E-state index in [2.05, 4.69) is 5.32 Å². The number of thioether (sulfide) groups is 1. The van der Waals surface area contributed by atoms with E-state index in [9.17, 15) is 9.59 Å². The molecule has 25 heavy (non-hydrogen) atoms. The molecule has 0 bridgehead atoms. The Morgan fingerprint density at radius 2 is 1.88 bits per heavy atom. The molecular weight excluding hydrogens is 334 g/mol. The molecule has 0 aromatic heterocycles. The van der Waals surface area contributed by atoms with Gasteiger partial charge in [0.15, 0.2) is 0 Å². The Morgan fingerprint density at radius 3 is 2.56 bits per heavy atom. The molecule has 0 aliphatic carbocycles. The van der Waals surface area contributed by atoms with Gasteiger partial charge in [-0.25, -0.2) is 0 Å². The van der Waals surface area contributed by atoms with Gasteiger partial charge in [0.25, 0.3) is 0 Å². The number of ether oxygens (including phenoxy) is 1. The molecular formula is C20H23NO3S. The maximum atomic E-state index is 12.2. The maximum absolute atomic E-state index is 12.2. The summed E-state index contributed by atoms with van der Waals surface area (Å²) in [6.45, 7) is 4.15. The second kappa shape index (κ2) is 9.89. The molecule has 1 amide bonds. The molecule has 4 nitrogen and oxygen atoms in total. The van der Waals surface area contributed by atoms with Gasteiger partial charge in [-0.2, -0.15) is 0 Å². The van der Waals surface area contributed by atoms with E-state index < -0.39 is 0 Å². The second-order valence-electron chi connectivity index (χ2n) is 5.72. The fraction of sp³-hybridized carbons (Fsp3) is 0.300. The highest BCUT2D eigenvalue weighted by Gasteiger charge is 2.20. The number of esters is 1. The van der Waals surface area contributed by atoms with Gasteiger partial charge in [0.05, 0.1) is 5.75 Å². The van der Waals surface area contributed by atoms with Crippen LogP contribution in [0, 0.1) is 6.92 Å². The minimum Gasteiger partial charge on any atom is -0.460 e. The standard InChI is InChI=1S/C20H23NO3S/c1-3-18(20(23)24-13-16-9-5-4-6-10-16)25-14-19(22)21-17-11-7-8-15(2)12-17/h4-12,18H,3,13-14H2,1-2H3,(H,21,22). The fourth-order valence-electron chi connectivity index (χ4n) is 2.27. The quantitative estimate of drug-likeness (QED) is 0.720. The van der Waals surface area contributed by atoms with Crippen LogP contribution in [0.25, 0.3) is 0 Å². The molecule has 0 aliphatic heterocycles. The fourth-order valence-corrected chi connectivity index (χ4v) is 3.13. The molecule has 2 aromatic rings. The van der Waals surface area contributed by atoms with Crippen molar-refractivity contribution >= 4 is 29.3 Å². The third-order valence-corrected chi connectivity index (χ3v) is 4.93. The maximum Gasteiger partial charge on any atom is 0.319 e. The van der Waals surface area contributed by atoms with Gasteiger partial charge in [-0.1, -0.05) is 49.4 Å². The van der Waals surface area contributed by atoms with E-state index in [1.807, 2.05) is 68.4 Å². The van der Waals surface area contributed by atoms with Crippen molar-refractivity contribution in [3.8, 4) is 0 Å². The number of amides is 1. The summed E-state index contributed by atoms with van der Waals surface area (Å²) in [5.74, 6) is -0.183. The van der Waals surface area contributed by atoms with Crippen LogP contribution in [-0.4, -0.2) is 22.9 Å². The molecule has 2 rings (SSSR count). The number of carbonyl (C=O) groups excluding carboxylic acids is 2. The molecule has 1 N–H and O–H groups in total. The van der Waals surface area contributed by atoms with Crippen molar-refractivity contribution in [2.24, 2.45) is 0 Å². The van der Waals surface area contributed by atoms with Crippen LogP contribution in [0.1, 0.15) is 24.5 Å². The SMILES string of the molecule is CCC(SCC(=O)Nc1cccc(C)c1)C(=O)OCc1ccccc1. The summed E-state index contributed by atoms with van der Waals surface area (Å²) < 4.78 is 5.36. The summed E-state index contributed by atoms with van der Waals surface area (Å²) in [4.78, 5) is 24.3. The van der Waals surface area contributed by atoms with Gasteiger partial charge in [-0.05, 0) is 36.6 Å². The van der Waals surface area contributed by atoms with Gasteiger partial charge in [-0.15, -0.1) is 11.8 Å². The van der Waals surface area contributed by atoms with Crippen LogP contribution in [0.2, 0.25) is 0 Å². The van der Waals surface area contributed by atoms with E-state index in [1.165, 1.54) is 11.8 Å². The van der Waals surface area contributed by atoms with Crippen LogP contribution in [0.3, 0.4) is 0 Å². The summed E-state index contributed by atoms with van der Waals surface area (Å²) in [6, 6.07) is 17.2. The minimum absolute atomic E-state index is 0.120. The Bertz CT molecular complexity index is 703. The molecule has 0 saturated carbocycles. The zero-order valence-electron chi connectivity index (χ0n) is 14.5. The van der Waals surface area contributed by atoms with Crippen molar-refractivity contribution < 1.29 is 14.3 Å². The number of aryl methyl sites for hydroxylation is 1. The Morgan fingerprint density at radius 1 is 1.12 bits per heavy atom. The summed E-state index contributed by atoms with van der Waals surface area (Å²) in [6.07, 6.45) is 0.621. The van der Waals surface area contributed by atoms with Gasteiger partial charge in [-0.3, -0.25) is 9.59 Å². The average Bonchev–Trinajstić information content (AvgIpc) is 2.61. The lowest BCUT2D eigenvalue weighted by atomic mass is 10.2. The highest BCUT2D eigenvalue weighted by Crippen LogP contribution is 2.18. The first-order valence-corrected chi connectivity index (χ1v) is 9.32. The van der Waals surface area contributed by atoms with Gasteiger partial charge < -0.3 is 10.1 Å². The normalized spacial score (nSPS) is 11.6. The predicted octanol–water partition coefficient (Wildman–Crippen LogP) is 4.19. The van der Waals surface area contributed by atoms with E-state index in [0.717, 1.165) is 16.8 Å². The van der Waals surface area contributed by atoms with Crippen molar-refractivity contribution in [3.05, 3.63) is 65.7 Å². The number of benzene rings is 2. The second-order valence-corrected chi connectivity index (χ2v) is 6.91. The molecule has 2 aromatic carbocycles. The Kier molecular flexibility index (Phi) is 7.54. The van der Waals surface area contributed by atoms with Crippen LogP contribution in [0.5, 0.6) is 0 Å². The lowest BCUT2D eigenvalue weighted by molar-refractivity contribution is -0.144. The third-order valence-electron chi connectivity index (χ3n) is 3.58. The van der Waals surface area contributed by atoms with E-state index in [-0.39, 0.29) is 29.5 Å². The monoisotopic (exact) mass is 357 g/mol.